The lowest BCUT2D eigenvalue weighted by Crippen LogP contribution is -2.48. The third-order valence-electron chi connectivity index (χ3n) is 4.57. The first-order valence-corrected chi connectivity index (χ1v) is 11.1. The summed E-state index contributed by atoms with van der Waals surface area (Å²) >= 11 is 0. The molecule has 0 radical (unpaired) electrons. The van der Waals surface area contributed by atoms with E-state index in [0.29, 0.717) is 13.0 Å². The molecule has 0 spiro atoms. The summed E-state index contributed by atoms with van der Waals surface area (Å²) in [5.41, 5.74) is 0.786. The summed E-state index contributed by atoms with van der Waals surface area (Å²) < 4.78 is 10.2. The molecule has 0 saturated heterocycles. The zero-order valence-electron chi connectivity index (χ0n) is 19.7. The molecule has 2 rings (SSSR count). The maximum absolute atomic E-state index is 12.4. The van der Waals surface area contributed by atoms with Crippen molar-refractivity contribution in [1.82, 2.24) is 26.3 Å². The van der Waals surface area contributed by atoms with Crippen molar-refractivity contribution in [3.63, 3.8) is 0 Å². The van der Waals surface area contributed by atoms with Gasteiger partial charge in [-0.15, -0.1) is 0 Å². The Balaban J connectivity index is 1.75. The Kier molecular flexibility index (Phi) is 11.3. The van der Waals surface area contributed by atoms with Gasteiger partial charge in [0.1, 0.15) is 24.1 Å². The molecule has 194 valence electrons. The predicted octanol–water partition coefficient (Wildman–Crippen LogP) is 0.985. The summed E-state index contributed by atoms with van der Waals surface area (Å²) in [5.74, 6) is -2.25. The van der Waals surface area contributed by atoms with Gasteiger partial charge in [-0.3, -0.25) is 9.78 Å². The number of pyridine rings is 1. The molecule has 4 amide bonds. The number of amides is 4. The van der Waals surface area contributed by atoms with Crippen molar-refractivity contribution >= 4 is 24.0 Å². The molecular formula is C23H29N5O8. The van der Waals surface area contributed by atoms with Crippen LogP contribution in [0.25, 0.3) is 0 Å². The maximum Gasteiger partial charge on any atom is 0.407 e. The number of hydrogen-bond donors (Lipinski definition) is 6. The normalized spacial score (nSPS) is 11.0. The Morgan fingerprint density at radius 1 is 1.03 bits per heavy atom. The molecule has 1 atom stereocenters. The van der Waals surface area contributed by atoms with E-state index in [0.717, 1.165) is 5.56 Å². The van der Waals surface area contributed by atoms with Crippen LogP contribution in [0.3, 0.4) is 0 Å². The maximum atomic E-state index is 12.4. The molecule has 0 aliphatic heterocycles. The van der Waals surface area contributed by atoms with Gasteiger partial charge in [-0.25, -0.2) is 14.4 Å². The van der Waals surface area contributed by atoms with Crippen LogP contribution in [0.15, 0.2) is 42.7 Å². The zero-order valence-corrected chi connectivity index (χ0v) is 19.7. The van der Waals surface area contributed by atoms with E-state index in [1.807, 2.05) is 0 Å². The fourth-order valence-corrected chi connectivity index (χ4v) is 2.74. The van der Waals surface area contributed by atoms with Crippen molar-refractivity contribution < 1.29 is 38.9 Å². The molecule has 13 heteroatoms. The van der Waals surface area contributed by atoms with Gasteiger partial charge in [-0.1, -0.05) is 6.92 Å². The lowest BCUT2D eigenvalue weighted by molar-refractivity contribution is -0.139. The first kappa shape index (κ1) is 27.7. The number of hydrogen-bond acceptors (Lipinski definition) is 8. The van der Waals surface area contributed by atoms with Crippen LogP contribution in [0.4, 0.5) is 9.59 Å². The third-order valence-corrected chi connectivity index (χ3v) is 4.57. The molecule has 6 N–H and O–H groups in total. The second-order valence-electron chi connectivity index (χ2n) is 7.37. The van der Waals surface area contributed by atoms with Crippen molar-refractivity contribution in [2.75, 3.05) is 26.3 Å². The van der Waals surface area contributed by atoms with Crippen LogP contribution in [0.2, 0.25) is 0 Å². The molecule has 0 bridgehead atoms. The van der Waals surface area contributed by atoms with Crippen LogP contribution >= 0.6 is 0 Å². The van der Waals surface area contributed by atoms with E-state index in [9.17, 15) is 29.4 Å². The van der Waals surface area contributed by atoms with Gasteiger partial charge in [-0.2, -0.15) is 0 Å². The van der Waals surface area contributed by atoms with Gasteiger partial charge in [-0.05, 0) is 36.2 Å². The Morgan fingerprint density at radius 2 is 1.78 bits per heavy atom. The summed E-state index contributed by atoms with van der Waals surface area (Å²) in [6.45, 7) is 2.12. The van der Waals surface area contributed by atoms with Crippen LogP contribution in [-0.4, -0.2) is 71.5 Å². The summed E-state index contributed by atoms with van der Waals surface area (Å²) in [6.07, 6.45) is 2.91. The fourth-order valence-electron chi connectivity index (χ4n) is 2.74. The van der Waals surface area contributed by atoms with E-state index in [4.69, 9.17) is 9.47 Å². The van der Waals surface area contributed by atoms with E-state index < -0.39 is 36.3 Å². The smallest absolute Gasteiger partial charge is 0.407 e. The number of nitrogens with zero attached hydrogens (tertiary/aromatic N) is 1. The predicted molar refractivity (Wildman–Crippen MR) is 127 cm³/mol. The number of aromatic hydroxyl groups is 1. The van der Waals surface area contributed by atoms with Gasteiger partial charge < -0.3 is 41.0 Å². The van der Waals surface area contributed by atoms with Crippen LogP contribution in [0.1, 0.15) is 29.3 Å². The minimum absolute atomic E-state index is 0.105. The number of phenols is 1. The topological polar surface area (TPSA) is 188 Å². The average molecular weight is 504 g/mol. The van der Waals surface area contributed by atoms with Crippen LogP contribution in [0.5, 0.6) is 11.5 Å². The number of carbonyl (C=O) groups excluding carboxylic acids is 3. The summed E-state index contributed by atoms with van der Waals surface area (Å²) in [7, 11) is 0. The average Bonchev–Trinajstić information content (AvgIpc) is 2.86. The van der Waals surface area contributed by atoms with Crippen molar-refractivity contribution in [2.45, 2.75) is 25.9 Å². The van der Waals surface area contributed by atoms with Crippen LogP contribution < -0.4 is 26.0 Å². The van der Waals surface area contributed by atoms with Crippen molar-refractivity contribution in [3.05, 3.63) is 53.9 Å². The number of rotatable bonds is 13. The van der Waals surface area contributed by atoms with Gasteiger partial charge in [0.15, 0.2) is 0 Å². The Bertz CT molecular complexity index is 1030. The molecule has 1 aromatic carbocycles. The number of phenolic OH excluding ortho intramolecular Hbond substituents is 1. The van der Waals surface area contributed by atoms with Gasteiger partial charge in [0, 0.05) is 31.5 Å². The lowest BCUT2D eigenvalue weighted by Gasteiger charge is -2.15. The van der Waals surface area contributed by atoms with E-state index >= 15 is 0 Å². The molecule has 0 aliphatic carbocycles. The highest BCUT2D eigenvalue weighted by atomic mass is 16.5. The number of urea groups is 1. The second kappa shape index (κ2) is 14.7. The Morgan fingerprint density at radius 3 is 2.44 bits per heavy atom. The number of carboxylic acids is 1. The van der Waals surface area contributed by atoms with Crippen molar-refractivity contribution in [1.29, 1.82) is 0 Å². The molecule has 0 unspecified atom stereocenters. The van der Waals surface area contributed by atoms with Gasteiger partial charge in [0.05, 0.1) is 18.7 Å². The molecule has 2 aromatic rings. The number of benzene rings is 1. The molecule has 0 saturated carbocycles. The molecule has 36 heavy (non-hydrogen) atoms. The minimum atomic E-state index is -1.42. The standard InChI is InChI=1S/C23H29N5O8/c1-2-10-36-23(34)28-18(21(31)32)14-26-20(30)17-4-3-16(12-19(17)29)35-11-9-25-22(33)27-13-15-5-7-24-8-6-15/h3-8,12,18,29H,2,9-11,13-14H2,1H3,(H,26,30)(H,28,34)(H,31,32)(H2,25,27,33)/t18-/m0/s1. The summed E-state index contributed by atoms with van der Waals surface area (Å²) in [5, 5.41) is 29.2. The highest BCUT2D eigenvalue weighted by molar-refractivity contribution is 5.97. The largest absolute Gasteiger partial charge is 0.507 e. The molecular weight excluding hydrogens is 474 g/mol. The number of aliphatic carboxylic acids is 1. The molecule has 13 nitrogen and oxygen atoms in total. The van der Waals surface area contributed by atoms with E-state index in [1.54, 1.807) is 31.5 Å². The zero-order chi connectivity index (χ0) is 26.3. The van der Waals surface area contributed by atoms with Crippen molar-refractivity contribution in [3.8, 4) is 11.5 Å². The SMILES string of the molecule is CCCOC(=O)N[C@@H](CNC(=O)c1ccc(OCCNC(=O)NCc2ccncc2)cc1O)C(=O)O. The second-order valence-corrected chi connectivity index (χ2v) is 7.37. The monoisotopic (exact) mass is 503 g/mol. The molecule has 1 aromatic heterocycles. The highest BCUT2D eigenvalue weighted by Gasteiger charge is 2.22. The van der Waals surface area contributed by atoms with E-state index in [-0.39, 0.29) is 37.1 Å². The van der Waals surface area contributed by atoms with Crippen LogP contribution in [0, 0.1) is 0 Å². The Labute approximate surface area is 207 Å². The number of aromatic nitrogens is 1. The van der Waals surface area contributed by atoms with E-state index in [2.05, 4.69) is 26.3 Å². The van der Waals surface area contributed by atoms with Crippen molar-refractivity contribution in [2.24, 2.45) is 0 Å². The first-order chi connectivity index (χ1) is 17.3. The molecule has 0 aliphatic rings. The Hall–Kier alpha value is -4.55. The number of ether oxygens (including phenoxy) is 2. The summed E-state index contributed by atoms with van der Waals surface area (Å²) in [4.78, 5) is 51.0. The molecule has 1 heterocycles. The number of nitrogens with one attached hydrogen (secondary N) is 4. The fraction of sp³-hybridized carbons (Fsp3) is 0.348. The number of carboxylic acid groups (broad SMARTS) is 1. The minimum Gasteiger partial charge on any atom is -0.507 e. The molecule has 0 fully saturated rings. The quantitative estimate of drug-likeness (QED) is 0.217. The lowest BCUT2D eigenvalue weighted by atomic mass is 10.1. The highest BCUT2D eigenvalue weighted by Crippen LogP contribution is 2.23. The number of carbonyl (C=O) groups is 4. The van der Waals surface area contributed by atoms with E-state index in [1.165, 1.54) is 18.2 Å². The van der Waals surface area contributed by atoms with Crippen LogP contribution in [-0.2, 0) is 16.1 Å². The summed E-state index contributed by atoms with van der Waals surface area (Å²) in [6, 6.07) is 5.72. The van der Waals surface area contributed by atoms with Gasteiger partial charge in [0.25, 0.3) is 5.91 Å². The number of alkyl carbamates (subject to hydrolysis) is 1. The third kappa shape index (κ3) is 9.75. The van der Waals surface area contributed by atoms with Gasteiger partial charge >= 0.3 is 18.1 Å². The first-order valence-electron chi connectivity index (χ1n) is 11.1. The van der Waals surface area contributed by atoms with Gasteiger partial charge in [0.2, 0.25) is 0 Å².